The summed E-state index contributed by atoms with van der Waals surface area (Å²) in [6, 6.07) is 6.09. The van der Waals surface area contributed by atoms with Crippen molar-refractivity contribution in [2.24, 2.45) is 11.8 Å². The van der Waals surface area contributed by atoms with Crippen molar-refractivity contribution in [3.05, 3.63) is 29.6 Å². The van der Waals surface area contributed by atoms with Gasteiger partial charge in [-0.2, -0.15) is 5.26 Å². The minimum Gasteiger partial charge on any atom is -0.316 e. The highest BCUT2D eigenvalue weighted by Gasteiger charge is 2.35. The van der Waals surface area contributed by atoms with Crippen LogP contribution in [0, 0.1) is 23.2 Å². The SMILES string of the molecule is N#Cc1ncccc1CN1C[C@H]2CNC[C@H]2C1. The van der Waals surface area contributed by atoms with Gasteiger partial charge in [0.2, 0.25) is 0 Å². The van der Waals surface area contributed by atoms with Gasteiger partial charge in [-0.05, 0) is 31.0 Å². The minimum atomic E-state index is 0.572. The third kappa shape index (κ3) is 2.04. The first-order chi connectivity index (χ1) is 8.36. The number of nitrogens with zero attached hydrogens (tertiary/aromatic N) is 3. The molecule has 4 nitrogen and oxygen atoms in total. The molecule has 0 aliphatic carbocycles. The smallest absolute Gasteiger partial charge is 0.144 e. The van der Waals surface area contributed by atoms with E-state index in [2.05, 4.69) is 21.3 Å². The molecule has 88 valence electrons. The Hall–Kier alpha value is -1.44. The van der Waals surface area contributed by atoms with Gasteiger partial charge in [0.1, 0.15) is 11.8 Å². The minimum absolute atomic E-state index is 0.572. The Morgan fingerprint density at radius 2 is 2.18 bits per heavy atom. The summed E-state index contributed by atoms with van der Waals surface area (Å²) in [5.74, 6) is 1.61. The fourth-order valence-electron chi connectivity index (χ4n) is 2.99. The van der Waals surface area contributed by atoms with E-state index >= 15 is 0 Å². The van der Waals surface area contributed by atoms with Crippen molar-refractivity contribution in [2.45, 2.75) is 6.54 Å². The first-order valence-corrected chi connectivity index (χ1v) is 6.14. The highest BCUT2D eigenvalue weighted by Crippen LogP contribution is 2.27. The van der Waals surface area contributed by atoms with E-state index in [-0.39, 0.29) is 0 Å². The molecule has 0 saturated carbocycles. The Bertz CT molecular complexity index is 439. The molecule has 0 unspecified atom stereocenters. The molecule has 1 N–H and O–H groups in total. The van der Waals surface area contributed by atoms with Gasteiger partial charge in [-0.15, -0.1) is 0 Å². The van der Waals surface area contributed by atoms with Crippen LogP contribution in [0.25, 0.3) is 0 Å². The molecule has 3 heterocycles. The summed E-state index contributed by atoms with van der Waals surface area (Å²) >= 11 is 0. The summed E-state index contributed by atoms with van der Waals surface area (Å²) in [5.41, 5.74) is 1.63. The van der Waals surface area contributed by atoms with Gasteiger partial charge in [-0.3, -0.25) is 4.90 Å². The van der Waals surface area contributed by atoms with Crippen molar-refractivity contribution in [3.8, 4) is 6.07 Å². The number of nitrogens with one attached hydrogen (secondary N) is 1. The number of hydrogen-bond acceptors (Lipinski definition) is 4. The molecule has 2 fully saturated rings. The van der Waals surface area contributed by atoms with Gasteiger partial charge in [0.05, 0.1) is 0 Å². The zero-order valence-electron chi connectivity index (χ0n) is 9.76. The molecule has 4 heteroatoms. The Kier molecular flexibility index (Phi) is 2.79. The van der Waals surface area contributed by atoms with Crippen molar-refractivity contribution >= 4 is 0 Å². The molecular weight excluding hydrogens is 212 g/mol. The van der Waals surface area contributed by atoms with Crippen molar-refractivity contribution in [2.75, 3.05) is 26.2 Å². The van der Waals surface area contributed by atoms with Crippen LogP contribution in [0.3, 0.4) is 0 Å². The molecule has 1 aromatic rings. The van der Waals surface area contributed by atoms with Crippen LogP contribution in [-0.4, -0.2) is 36.1 Å². The second kappa shape index (κ2) is 4.44. The van der Waals surface area contributed by atoms with Gasteiger partial charge in [0.25, 0.3) is 0 Å². The zero-order chi connectivity index (χ0) is 11.7. The second-order valence-electron chi connectivity index (χ2n) is 5.00. The van der Waals surface area contributed by atoms with E-state index in [9.17, 15) is 0 Å². The van der Waals surface area contributed by atoms with E-state index in [1.807, 2.05) is 12.1 Å². The third-order valence-electron chi connectivity index (χ3n) is 3.86. The van der Waals surface area contributed by atoms with Gasteiger partial charge in [0.15, 0.2) is 0 Å². The number of rotatable bonds is 2. The van der Waals surface area contributed by atoms with E-state index in [4.69, 9.17) is 5.26 Å². The number of hydrogen-bond donors (Lipinski definition) is 1. The highest BCUT2D eigenvalue weighted by molar-refractivity contribution is 5.30. The maximum atomic E-state index is 9.01. The van der Waals surface area contributed by atoms with Crippen LogP contribution in [0.1, 0.15) is 11.3 Å². The normalized spacial score (nSPS) is 27.9. The van der Waals surface area contributed by atoms with Crippen molar-refractivity contribution in [1.29, 1.82) is 5.26 Å². The van der Waals surface area contributed by atoms with Crippen LogP contribution in [0.4, 0.5) is 0 Å². The number of likely N-dealkylation sites (tertiary alicyclic amines) is 1. The lowest BCUT2D eigenvalue weighted by molar-refractivity contribution is 0.305. The van der Waals surface area contributed by atoms with E-state index in [1.165, 1.54) is 0 Å². The quantitative estimate of drug-likeness (QED) is 0.805. The molecule has 17 heavy (non-hydrogen) atoms. The van der Waals surface area contributed by atoms with Crippen LogP contribution in [-0.2, 0) is 6.54 Å². The van der Waals surface area contributed by atoms with Gasteiger partial charge >= 0.3 is 0 Å². The molecule has 2 aliphatic heterocycles. The summed E-state index contributed by atoms with van der Waals surface area (Å²) in [7, 11) is 0. The first-order valence-electron chi connectivity index (χ1n) is 6.14. The molecular formula is C13H16N4. The van der Waals surface area contributed by atoms with E-state index in [0.29, 0.717) is 5.69 Å². The van der Waals surface area contributed by atoms with Crippen molar-refractivity contribution in [1.82, 2.24) is 15.2 Å². The van der Waals surface area contributed by atoms with Crippen LogP contribution >= 0.6 is 0 Å². The molecule has 0 radical (unpaired) electrons. The number of aromatic nitrogens is 1. The van der Waals surface area contributed by atoms with Crippen molar-refractivity contribution in [3.63, 3.8) is 0 Å². The van der Waals surface area contributed by atoms with Gasteiger partial charge in [-0.1, -0.05) is 6.07 Å². The monoisotopic (exact) mass is 228 g/mol. The van der Waals surface area contributed by atoms with Gasteiger partial charge in [-0.25, -0.2) is 4.98 Å². The summed E-state index contributed by atoms with van der Waals surface area (Å²) < 4.78 is 0. The standard InChI is InChI=1S/C13H16N4/c14-4-13-10(2-1-3-16-13)7-17-8-11-5-15-6-12(11)9-17/h1-3,11-12,15H,5-9H2/t11-,12+. The molecule has 1 aromatic heterocycles. The molecule has 2 saturated heterocycles. The molecule has 0 bridgehead atoms. The molecule has 0 amide bonds. The van der Waals surface area contributed by atoms with E-state index in [0.717, 1.165) is 50.1 Å². The molecule has 0 spiro atoms. The lowest BCUT2D eigenvalue weighted by atomic mass is 10.0. The average Bonchev–Trinajstić information content (AvgIpc) is 2.90. The predicted molar refractivity (Wildman–Crippen MR) is 64.1 cm³/mol. The number of pyridine rings is 1. The fourth-order valence-corrected chi connectivity index (χ4v) is 2.99. The Labute approximate surface area is 101 Å². The largest absolute Gasteiger partial charge is 0.316 e. The summed E-state index contributed by atoms with van der Waals surface area (Å²) in [5, 5.41) is 12.5. The molecule has 0 aromatic carbocycles. The lowest BCUT2D eigenvalue weighted by Gasteiger charge is -2.17. The maximum Gasteiger partial charge on any atom is 0.144 e. The summed E-state index contributed by atoms with van der Waals surface area (Å²) in [6.45, 7) is 5.47. The molecule has 2 aliphatic rings. The second-order valence-corrected chi connectivity index (χ2v) is 5.00. The van der Waals surface area contributed by atoms with E-state index in [1.54, 1.807) is 6.20 Å². The van der Waals surface area contributed by atoms with Gasteiger partial charge in [0, 0.05) is 31.4 Å². The Balaban J connectivity index is 1.70. The topological polar surface area (TPSA) is 52.0 Å². The van der Waals surface area contributed by atoms with Crippen molar-refractivity contribution < 1.29 is 0 Å². The average molecular weight is 228 g/mol. The number of nitriles is 1. The Morgan fingerprint density at radius 3 is 2.88 bits per heavy atom. The fraction of sp³-hybridized carbons (Fsp3) is 0.538. The van der Waals surface area contributed by atoms with E-state index < -0.39 is 0 Å². The molecule has 3 rings (SSSR count). The van der Waals surface area contributed by atoms with Crippen LogP contribution in [0.2, 0.25) is 0 Å². The third-order valence-corrected chi connectivity index (χ3v) is 3.86. The van der Waals surface area contributed by atoms with Gasteiger partial charge < -0.3 is 5.32 Å². The predicted octanol–water partition coefficient (Wildman–Crippen LogP) is 0.604. The zero-order valence-corrected chi connectivity index (χ0v) is 9.76. The number of fused-ring (bicyclic) bond motifs is 1. The first kappa shape index (κ1) is 10.7. The molecule has 2 atom stereocenters. The van der Waals surface area contributed by atoms with Crippen LogP contribution in [0.15, 0.2) is 18.3 Å². The van der Waals surface area contributed by atoms with Crippen LogP contribution in [0.5, 0.6) is 0 Å². The Morgan fingerprint density at radius 1 is 1.41 bits per heavy atom. The maximum absolute atomic E-state index is 9.01. The summed E-state index contributed by atoms with van der Waals surface area (Å²) in [4.78, 5) is 6.56. The highest BCUT2D eigenvalue weighted by atomic mass is 15.2. The summed E-state index contributed by atoms with van der Waals surface area (Å²) in [6.07, 6.45) is 1.69. The lowest BCUT2D eigenvalue weighted by Crippen LogP contribution is -2.25. The van der Waals surface area contributed by atoms with Crippen LogP contribution < -0.4 is 5.32 Å².